The summed E-state index contributed by atoms with van der Waals surface area (Å²) in [5, 5.41) is 2.96. The van der Waals surface area contributed by atoms with E-state index in [4.69, 9.17) is 14.5 Å². The van der Waals surface area contributed by atoms with Crippen LogP contribution in [-0.2, 0) is 24.1 Å². The van der Waals surface area contributed by atoms with Gasteiger partial charge in [0.15, 0.2) is 0 Å². The van der Waals surface area contributed by atoms with Crippen LogP contribution in [0.3, 0.4) is 0 Å². The number of nitrogens with zero attached hydrogens (tertiary/aromatic N) is 1. The highest BCUT2D eigenvalue weighted by Crippen LogP contribution is 2.20. The zero-order chi connectivity index (χ0) is 18.5. The summed E-state index contributed by atoms with van der Waals surface area (Å²) < 4.78 is 11.3. The number of hydrogen-bond donors (Lipinski definition) is 1. The summed E-state index contributed by atoms with van der Waals surface area (Å²) in [7, 11) is 0. The normalized spacial score (nSPS) is 17.2. The molecule has 5 heteroatoms. The maximum Gasteiger partial charge on any atom is 0.251 e. The molecule has 0 saturated carbocycles. The van der Waals surface area contributed by atoms with Gasteiger partial charge in [-0.15, -0.1) is 0 Å². The smallest absolute Gasteiger partial charge is 0.251 e. The Hall–Kier alpha value is -2.40. The third-order valence-corrected chi connectivity index (χ3v) is 5.25. The van der Waals surface area contributed by atoms with Gasteiger partial charge in [0.2, 0.25) is 0 Å². The first-order chi connectivity index (χ1) is 13.3. The molecule has 0 radical (unpaired) electrons. The lowest BCUT2D eigenvalue weighted by Gasteiger charge is -2.23. The lowest BCUT2D eigenvalue weighted by molar-refractivity contribution is 0.0256. The fourth-order valence-corrected chi connectivity index (χ4v) is 3.67. The van der Waals surface area contributed by atoms with E-state index in [1.807, 2.05) is 30.3 Å². The van der Waals surface area contributed by atoms with Gasteiger partial charge >= 0.3 is 0 Å². The molecule has 1 aliphatic heterocycles. The molecule has 1 saturated heterocycles. The Bertz CT molecular complexity index is 783. The number of ether oxygens (including phenoxy) is 2. The van der Waals surface area contributed by atoms with Crippen LogP contribution in [0.2, 0.25) is 0 Å². The van der Waals surface area contributed by atoms with Gasteiger partial charge in [-0.3, -0.25) is 9.78 Å². The van der Waals surface area contributed by atoms with Crippen LogP contribution in [0.4, 0.5) is 0 Å². The summed E-state index contributed by atoms with van der Waals surface area (Å²) in [4.78, 5) is 17.1. The van der Waals surface area contributed by atoms with Gasteiger partial charge in [0, 0.05) is 24.1 Å². The Balaban J connectivity index is 1.31. The molecular formula is C22H26N2O3. The lowest BCUT2D eigenvalue weighted by atomic mass is 9.96. The highest BCUT2D eigenvalue weighted by atomic mass is 16.5. The van der Waals surface area contributed by atoms with Gasteiger partial charge in [-0.2, -0.15) is 0 Å². The van der Waals surface area contributed by atoms with E-state index in [0.717, 1.165) is 50.3 Å². The number of carbonyl (C=O) groups excluding carboxylic acids is 1. The molecule has 0 unspecified atom stereocenters. The molecule has 5 nitrogen and oxygen atoms in total. The number of aryl methyl sites for hydroxylation is 2. The molecule has 1 aromatic carbocycles. The predicted octanol–water partition coefficient (Wildman–Crippen LogP) is 3.45. The van der Waals surface area contributed by atoms with Crippen molar-refractivity contribution in [3.05, 3.63) is 58.9 Å². The molecule has 1 amide bonds. The number of rotatable bonds is 5. The monoisotopic (exact) mass is 366 g/mol. The average molecular weight is 366 g/mol. The maximum absolute atomic E-state index is 12.4. The second-order valence-electron chi connectivity index (χ2n) is 7.25. The molecule has 2 aromatic rings. The summed E-state index contributed by atoms with van der Waals surface area (Å²) in [5.41, 5.74) is 4.11. The lowest BCUT2D eigenvalue weighted by Crippen LogP contribution is -2.26. The van der Waals surface area contributed by atoms with Crippen LogP contribution in [0, 0.1) is 0 Å². The molecule has 1 fully saturated rings. The second-order valence-corrected chi connectivity index (χ2v) is 7.25. The predicted molar refractivity (Wildman–Crippen MR) is 103 cm³/mol. The van der Waals surface area contributed by atoms with E-state index < -0.39 is 0 Å². The number of benzene rings is 1. The van der Waals surface area contributed by atoms with Gasteiger partial charge < -0.3 is 14.8 Å². The van der Waals surface area contributed by atoms with Gasteiger partial charge in [-0.05, 0) is 61.6 Å². The van der Waals surface area contributed by atoms with Gasteiger partial charge in [0.25, 0.3) is 5.91 Å². The van der Waals surface area contributed by atoms with Gasteiger partial charge in [0.1, 0.15) is 11.9 Å². The van der Waals surface area contributed by atoms with Crippen molar-refractivity contribution in [1.82, 2.24) is 10.3 Å². The fourth-order valence-electron chi connectivity index (χ4n) is 3.67. The highest BCUT2D eigenvalue weighted by molar-refractivity contribution is 5.94. The molecule has 4 rings (SSSR count). The van der Waals surface area contributed by atoms with Gasteiger partial charge in [0.05, 0.1) is 25.5 Å². The van der Waals surface area contributed by atoms with Gasteiger partial charge in [-0.25, -0.2) is 0 Å². The summed E-state index contributed by atoms with van der Waals surface area (Å²) in [6.07, 6.45) is 6.65. The standard InChI is InChI=1S/C22H26N2O3/c25-22(23-15-18-8-5-16-3-1-2-4-21(16)24-18)17-6-9-19(10-7-17)27-20-11-13-26-14-12-20/h5-10,20H,1-4,11-15H2,(H,23,25). The number of pyridine rings is 1. The summed E-state index contributed by atoms with van der Waals surface area (Å²) in [6, 6.07) is 11.5. The molecule has 0 bridgehead atoms. The van der Waals surface area contributed by atoms with Gasteiger partial charge in [-0.1, -0.05) is 6.07 Å². The largest absolute Gasteiger partial charge is 0.490 e. The van der Waals surface area contributed by atoms with Crippen LogP contribution in [0.15, 0.2) is 36.4 Å². The van der Waals surface area contributed by atoms with Crippen molar-refractivity contribution in [2.45, 2.75) is 51.2 Å². The van der Waals surface area contributed by atoms with E-state index in [9.17, 15) is 4.79 Å². The highest BCUT2D eigenvalue weighted by Gasteiger charge is 2.16. The summed E-state index contributed by atoms with van der Waals surface area (Å²) in [5.74, 6) is 0.710. The van der Waals surface area contributed by atoms with E-state index in [-0.39, 0.29) is 12.0 Å². The van der Waals surface area contributed by atoms with Crippen LogP contribution < -0.4 is 10.1 Å². The van der Waals surface area contributed by atoms with E-state index in [0.29, 0.717) is 12.1 Å². The molecular weight excluding hydrogens is 340 g/mol. The first kappa shape index (κ1) is 18.0. The third-order valence-electron chi connectivity index (χ3n) is 5.25. The van der Waals surface area contributed by atoms with Crippen molar-refractivity contribution in [3.8, 4) is 5.75 Å². The number of hydrogen-bond acceptors (Lipinski definition) is 4. The van der Waals surface area contributed by atoms with Crippen molar-refractivity contribution in [2.75, 3.05) is 13.2 Å². The van der Waals surface area contributed by atoms with Crippen LogP contribution in [0.5, 0.6) is 5.75 Å². The molecule has 2 heterocycles. The maximum atomic E-state index is 12.4. The molecule has 27 heavy (non-hydrogen) atoms. The molecule has 1 N–H and O–H groups in total. The first-order valence-electron chi connectivity index (χ1n) is 9.88. The third kappa shape index (κ3) is 4.66. The Morgan fingerprint density at radius 3 is 2.67 bits per heavy atom. The van der Waals surface area contributed by atoms with Crippen LogP contribution in [0.25, 0.3) is 0 Å². The van der Waals surface area contributed by atoms with Crippen LogP contribution in [-0.4, -0.2) is 30.2 Å². The van der Waals surface area contributed by atoms with Crippen LogP contribution >= 0.6 is 0 Å². The Labute approximate surface area is 160 Å². The molecule has 142 valence electrons. The van der Waals surface area contributed by atoms with Crippen molar-refractivity contribution in [3.63, 3.8) is 0 Å². The van der Waals surface area contributed by atoms with Crippen molar-refractivity contribution in [1.29, 1.82) is 0 Å². The summed E-state index contributed by atoms with van der Waals surface area (Å²) >= 11 is 0. The minimum atomic E-state index is -0.0906. The van der Waals surface area contributed by atoms with E-state index in [2.05, 4.69) is 11.4 Å². The fraction of sp³-hybridized carbons (Fsp3) is 0.455. The molecule has 2 aliphatic rings. The zero-order valence-corrected chi connectivity index (χ0v) is 15.6. The number of fused-ring (bicyclic) bond motifs is 1. The molecule has 0 atom stereocenters. The SMILES string of the molecule is O=C(NCc1ccc2c(n1)CCCC2)c1ccc(OC2CCOCC2)cc1. The van der Waals surface area contributed by atoms with Crippen molar-refractivity contribution in [2.24, 2.45) is 0 Å². The van der Waals surface area contributed by atoms with E-state index in [1.165, 1.54) is 24.1 Å². The average Bonchev–Trinajstić information content (AvgIpc) is 2.73. The van der Waals surface area contributed by atoms with E-state index in [1.54, 1.807) is 0 Å². The number of amides is 1. The molecule has 1 aliphatic carbocycles. The minimum absolute atomic E-state index is 0.0906. The number of nitrogens with one attached hydrogen (secondary N) is 1. The summed E-state index contributed by atoms with van der Waals surface area (Å²) in [6.45, 7) is 1.95. The van der Waals surface area contributed by atoms with E-state index >= 15 is 0 Å². The number of aromatic nitrogens is 1. The Kier molecular flexibility index (Phi) is 5.68. The van der Waals surface area contributed by atoms with Crippen molar-refractivity contribution >= 4 is 5.91 Å². The quantitative estimate of drug-likeness (QED) is 0.880. The molecule has 0 spiro atoms. The topological polar surface area (TPSA) is 60.5 Å². The first-order valence-corrected chi connectivity index (χ1v) is 9.88. The second kappa shape index (κ2) is 8.53. The Morgan fingerprint density at radius 2 is 1.85 bits per heavy atom. The zero-order valence-electron chi connectivity index (χ0n) is 15.6. The Morgan fingerprint density at radius 1 is 1.07 bits per heavy atom. The minimum Gasteiger partial charge on any atom is -0.490 e. The van der Waals surface area contributed by atoms with Crippen LogP contribution in [0.1, 0.15) is 53.0 Å². The number of carbonyl (C=O) groups is 1. The molecule has 1 aromatic heterocycles. The van der Waals surface area contributed by atoms with Crippen molar-refractivity contribution < 1.29 is 14.3 Å².